The summed E-state index contributed by atoms with van der Waals surface area (Å²) < 4.78 is 0. The molecule has 0 bridgehead atoms. The maximum atomic E-state index is 12.4. The number of hydrogen-bond acceptors (Lipinski definition) is 2. The largest absolute Gasteiger partial charge is 0.335 e. The van der Waals surface area contributed by atoms with Crippen molar-refractivity contribution < 1.29 is 4.79 Å². The van der Waals surface area contributed by atoms with Crippen molar-refractivity contribution >= 4 is 17.2 Å². The number of hydrogen-bond donors (Lipinski definition) is 0. The van der Waals surface area contributed by atoms with Gasteiger partial charge in [-0.2, -0.15) is 0 Å². The number of rotatable bonds is 4. The molecule has 2 rings (SSSR count). The lowest BCUT2D eigenvalue weighted by Gasteiger charge is -2.26. The SMILES string of the molecule is CCCC(C)C(=O)N1CCCC1c1cccs1. The van der Waals surface area contributed by atoms with Crippen molar-refractivity contribution in [3.8, 4) is 0 Å². The molecule has 1 fully saturated rings. The van der Waals surface area contributed by atoms with Gasteiger partial charge >= 0.3 is 0 Å². The quantitative estimate of drug-likeness (QED) is 0.796. The zero-order chi connectivity index (χ0) is 12.3. The molecule has 2 unspecified atom stereocenters. The number of carbonyl (C=O) groups excluding carboxylic acids is 1. The van der Waals surface area contributed by atoms with Crippen LogP contribution in [0.25, 0.3) is 0 Å². The minimum absolute atomic E-state index is 0.181. The summed E-state index contributed by atoms with van der Waals surface area (Å²) in [5.41, 5.74) is 0. The normalized spacial score (nSPS) is 21.8. The lowest BCUT2D eigenvalue weighted by atomic mass is 10.0. The predicted octanol–water partition coefficient (Wildman–Crippen LogP) is 3.85. The molecule has 2 atom stereocenters. The van der Waals surface area contributed by atoms with Crippen LogP contribution in [0.3, 0.4) is 0 Å². The van der Waals surface area contributed by atoms with Crippen molar-refractivity contribution in [2.45, 2.75) is 45.6 Å². The molecule has 94 valence electrons. The van der Waals surface area contributed by atoms with Crippen molar-refractivity contribution in [3.63, 3.8) is 0 Å². The topological polar surface area (TPSA) is 20.3 Å². The van der Waals surface area contributed by atoms with Crippen LogP contribution in [0.1, 0.15) is 50.4 Å². The van der Waals surface area contributed by atoms with Crippen LogP contribution < -0.4 is 0 Å². The number of thiophene rings is 1. The van der Waals surface area contributed by atoms with Crippen molar-refractivity contribution in [3.05, 3.63) is 22.4 Å². The molecule has 0 saturated carbocycles. The third-order valence-corrected chi connectivity index (χ3v) is 4.52. The Kier molecular flexibility index (Phi) is 4.21. The van der Waals surface area contributed by atoms with Gasteiger partial charge in [-0.1, -0.05) is 26.3 Å². The number of carbonyl (C=O) groups is 1. The average molecular weight is 251 g/mol. The van der Waals surface area contributed by atoms with Crippen LogP contribution in [-0.4, -0.2) is 17.4 Å². The Morgan fingerprint density at radius 3 is 3.12 bits per heavy atom. The molecule has 1 aliphatic rings. The highest BCUT2D eigenvalue weighted by molar-refractivity contribution is 7.10. The van der Waals surface area contributed by atoms with Crippen molar-refractivity contribution in [1.29, 1.82) is 0 Å². The van der Waals surface area contributed by atoms with E-state index < -0.39 is 0 Å². The molecule has 0 N–H and O–H groups in total. The molecule has 1 saturated heterocycles. The number of amides is 1. The maximum absolute atomic E-state index is 12.4. The summed E-state index contributed by atoms with van der Waals surface area (Å²) in [6.07, 6.45) is 4.37. The minimum Gasteiger partial charge on any atom is -0.335 e. The van der Waals surface area contributed by atoms with Crippen molar-refractivity contribution in [2.75, 3.05) is 6.54 Å². The molecule has 0 spiro atoms. The highest BCUT2D eigenvalue weighted by atomic mass is 32.1. The fourth-order valence-corrected chi connectivity index (χ4v) is 3.52. The van der Waals surface area contributed by atoms with Crippen LogP contribution in [0.15, 0.2) is 17.5 Å². The van der Waals surface area contributed by atoms with E-state index in [0.29, 0.717) is 11.9 Å². The van der Waals surface area contributed by atoms with Crippen molar-refractivity contribution in [2.24, 2.45) is 5.92 Å². The van der Waals surface area contributed by atoms with E-state index in [-0.39, 0.29) is 5.92 Å². The average Bonchev–Trinajstić information content (AvgIpc) is 2.98. The summed E-state index contributed by atoms with van der Waals surface area (Å²) in [5.74, 6) is 0.531. The molecule has 1 aliphatic heterocycles. The molecule has 1 aromatic heterocycles. The first-order valence-electron chi connectivity index (χ1n) is 6.58. The first kappa shape index (κ1) is 12.6. The lowest BCUT2D eigenvalue weighted by molar-refractivity contribution is -0.136. The van der Waals surface area contributed by atoms with Crippen LogP contribution in [-0.2, 0) is 4.79 Å². The highest BCUT2D eigenvalue weighted by Crippen LogP contribution is 2.35. The summed E-state index contributed by atoms with van der Waals surface area (Å²) in [7, 11) is 0. The van der Waals surface area contributed by atoms with E-state index in [1.807, 2.05) is 0 Å². The van der Waals surface area contributed by atoms with E-state index in [9.17, 15) is 4.79 Å². The molecule has 2 nitrogen and oxygen atoms in total. The minimum atomic E-state index is 0.181. The van der Waals surface area contributed by atoms with Crippen LogP contribution >= 0.6 is 11.3 Å². The molecule has 17 heavy (non-hydrogen) atoms. The van der Waals surface area contributed by atoms with Gasteiger partial charge in [-0.25, -0.2) is 0 Å². The van der Waals surface area contributed by atoms with Gasteiger partial charge in [0.25, 0.3) is 0 Å². The first-order chi connectivity index (χ1) is 8.24. The Balaban J connectivity index is 2.07. The second-order valence-electron chi connectivity index (χ2n) is 4.89. The second kappa shape index (κ2) is 5.67. The van der Waals surface area contributed by atoms with Gasteiger partial charge in [0, 0.05) is 17.3 Å². The van der Waals surface area contributed by atoms with E-state index in [4.69, 9.17) is 0 Å². The molecule has 0 aliphatic carbocycles. The van der Waals surface area contributed by atoms with Gasteiger partial charge in [0.2, 0.25) is 5.91 Å². The Bertz CT molecular complexity index is 360. The molecule has 1 amide bonds. The lowest BCUT2D eigenvalue weighted by Crippen LogP contribution is -2.34. The predicted molar refractivity (Wildman–Crippen MR) is 72.1 cm³/mol. The van der Waals surface area contributed by atoms with E-state index in [0.717, 1.165) is 32.2 Å². The van der Waals surface area contributed by atoms with E-state index in [2.05, 4.69) is 36.3 Å². The van der Waals surface area contributed by atoms with Gasteiger partial charge in [0.05, 0.1) is 6.04 Å². The van der Waals surface area contributed by atoms with Gasteiger partial charge in [0.1, 0.15) is 0 Å². The van der Waals surface area contributed by atoms with Crippen LogP contribution in [0.5, 0.6) is 0 Å². The zero-order valence-electron chi connectivity index (χ0n) is 10.7. The smallest absolute Gasteiger partial charge is 0.225 e. The summed E-state index contributed by atoms with van der Waals surface area (Å²) in [4.78, 5) is 15.8. The fraction of sp³-hybridized carbons (Fsp3) is 0.643. The molecule has 0 radical (unpaired) electrons. The summed E-state index contributed by atoms with van der Waals surface area (Å²) in [6.45, 7) is 5.15. The van der Waals surface area contributed by atoms with Crippen LogP contribution in [0, 0.1) is 5.92 Å². The van der Waals surface area contributed by atoms with Crippen LogP contribution in [0.2, 0.25) is 0 Å². The van der Waals surface area contributed by atoms with Gasteiger partial charge < -0.3 is 4.90 Å². The first-order valence-corrected chi connectivity index (χ1v) is 7.46. The third-order valence-electron chi connectivity index (χ3n) is 3.55. The number of nitrogens with zero attached hydrogens (tertiary/aromatic N) is 1. The van der Waals surface area contributed by atoms with Gasteiger partial charge in [0.15, 0.2) is 0 Å². The second-order valence-corrected chi connectivity index (χ2v) is 5.87. The van der Waals surface area contributed by atoms with E-state index in [1.54, 1.807) is 11.3 Å². The molecule has 0 aromatic carbocycles. The monoisotopic (exact) mass is 251 g/mol. The van der Waals surface area contributed by atoms with Crippen LogP contribution in [0.4, 0.5) is 0 Å². The maximum Gasteiger partial charge on any atom is 0.225 e. The van der Waals surface area contributed by atoms with Crippen molar-refractivity contribution in [1.82, 2.24) is 4.90 Å². The molecule has 1 aromatic rings. The molecular weight excluding hydrogens is 230 g/mol. The van der Waals surface area contributed by atoms with Gasteiger partial charge in [-0.05, 0) is 30.7 Å². The Hall–Kier alpha value is -0.830. The van der Waals surface area contributed by atoms with Gasteiger partial charge in [-0.15, -0.1) is 11.3 Å². The van der Waals surface area contributed by atoms with E-state index in [1.165, 1.54) is 4.88 Å². The Labute approximate surface area is 108 Å². The third kappa shape index (κ3) is 2.71. The number of likely N-dealkylation sites (tertiary alicyclic amines) is 1. The standard InChI is InChI=1S/C14H21NOS/c1-3-6-11(2)14(16)15-9-4-7-12(15)13-8-5-10-17-13/h5,8,10-12H,3-4,6-7,9H2,1-2H3. The summed E-state index contributed by atoms with van der Waals surface area (Å²) >= 11 is 1.77. The van der Waals surface area contributed by atoms with Gasteiger partial charge in [-0.3, -0.25) is 4.79 Å². The molecular formula is C14H21NOS. The summed E-state index contributed by atoms with van der Waals surface area (Å²) in [5, 5.41) is 2.10. The fourth-order valence-electron chi connectivity index (χ4n) is 2.65. The molecule has 3 heteroatoms. The Morgan fingerprint density at radius 2 is 2.47 bits per heavy atom. The Morgan fingerprint density at radius 1 is 1.65 bits per heavy atom. The molecule has 2 heterocycles. The summed E-state index contributed by atoms with van der Waals surface area (Å²) in [6, 6.07) is 4.59. The zero-order valence-corrected chi connectivity index (χ0v) is 11.5. The highest BCUT2D eigenvalue weighted by Gasteiger charge is 2.32. The van der Waals surface area contributed by atoms with E-state index >= 15 is 0 Å².